The van der Waals surface area contributed by atoms with E-state index < -0.39 is 0 Å². The van der Waals surface area contributed by atoms with Crippen molar-refractivity contribution in [2.24, 2.45) is 5.10 Å². The van der Waals surface area contributed by atoms with Crippen molar-refractivity contribution in [1.29, 1.82) is 0 Å². The minimum atomic E-state index is 0.403. The van der Waals surface area contributed by atoms with Crippen LogP contribution in [0.4, 0.5) is 0 Å². The van der Waals surface area contributed by atoms with Gasteiger partial charge < -0.3 is 4.74 Å². The van der Waals surface area contributed by atoms with Crippen molar-refractivity contribution in [3.8, 4) is 28.5 Å². The van der Waals surface area contributed by atoms with Gasteiger partial charge in [-0.05, 0) is 53.7 Å². The molecule has 0 saturated heterocycles. The Labute approximate surface area is 202 Å². The van der Waals surface area contributed by atoms with E-state index in [0.717, 1.165) is 33.8 Å². The normalized spacial score (nSPS) is 11.2. The van der Waals surface area contributed by atoms with Gasteiger partial charge in [-0.2, -0.15) is 20.0 Å². The maximum Gasteiger partial charge on any atom is 0.216 e. The molecule has 0 bridgehead atoms. The summed E-state index contributed by atoms with van der Waals surface area (Å²) in [5.74, 6) is 1.38. The van der Waals surface area contributed by atoms with Crippen molar-refractivity contribution in [3.63, 3.8) is 0 Å². The molecule has 0 aliphatic carbocycles. The lowest BCUT2D eigenvalue weighted by Crippen LogP contribution is -2.06. The van der Waals surface area contributed by atoms with Crippen LogP contribution in [0.3, 0.4) is 0 Å². The number of hydrogen-bond donors (Lipinski definition) is 1. The van der Waals surface area contributed by atoms with E-state index in [-0.39, 0.29) is 0 Å². The van der Waals surface area contributed by atoms with E-state index in [4.69, 9.17) is 22.1 Å². The fourth-order valence-electron chi connectivity index (χ4n) is 3.60. The SMILES string of the molecule is COc1ccc(-c2cc(-c3n[nH]c(=S)n3/N=C/c3ccccc3)n(Cc3ccccc3)n2)cc1. The first-order valence-electron chi connectivity index (χ1n) is 10.7. The third-order valence-electron chi connectivity index (χ3n) is 5.34. The van der Waals surface area contributed by atoms with Gasteiger partial charge in [0, 0.05) is 5.56 Å². The van der Waals surface area contributed by atoms with Gasteiger partial charge in [0.05, 0.1) is 25.6 Å². The number of aromatic nitrogens is 5. The van der Waals surface area contributed by atoms with Crippen LogP contribution in [-0.2, 0) is 6.54 Å². The summed E-state index contributed by atoms with van der Waals surface area (Å²) in [6.45, 7) is 0.578. The van der Waals surface area contributed by atoms with Gasteiger partial charge >= 0.3 is 0 Å². The second-order valence-electron chi connectivity index (χ2n) is 7.61. The molecular formula is C26H22N6OS. The summed E-state index contributed by atoms with van der Waals surface area (Å²) in [5.41, 5.74) is 4.69. The van der Waals surface area contributed by atoms with Crippen LogP contribution in [0.25, 0.3) is 22.8 Å². The molecule has 0 unspecified atom stereocenters. The average molecular weight is 467 g/mol. The minimum absolute atomic E-state index is 0.403. The lowest BCUT2D eigenvalue weighted by atomic mass is 10.1. The van der Waals surface area contributed by atoms with Crippen LogP contribution in [0.5, 0.6) is 5.75 Å². The maximum absolute atomic E-state index is 5.48. The number of nitrogens with zero attached hydrogens (tertiary/aromatic N) is 5. The van der Waals surface area contributed by atoms with E-state index in [1.165, 1.54) is 0 Å². The highest BCUT2D eigenvalue weighted by atomic mass is 32.1. The van der Waals surface area contributed by atoms with E-state index in [1.54, 1.807) is 18.0 Å². The van der Waals surface area contributed by atoms with Crippen molar-refractivity contribution in [3.05, 3.63) is 107 Å². The Morgan fingerprint density at radius 2 is 1.68 bits per heavy atom. The molecule has 5 rings (SSSR count). The summed E-state index contributed by atoms with van der Waals surface area (Å²) in [4.78, 5) is 0. The Hall–Kier alpha value is -4.30. The first-order valence-corrected chi connectivity index (χ1v) is 11.2. The predicted octanol–water partition coefficient (Wildman–Crippen LogP) is 5.41. The molecule has 34 heavy (non-hydrogen) atoms. The van der Waals surface area contributed by atoms with Gasteiger partial charge in [-0.1, -0.05) is 60.7 Å². The predicted molar refractivity (Wildman–Crippen MR) is 136 cm³/mol. The molecular weight excluding hydrogens is 444 g/mol. The standard InChI is InChI=1S/C26H22N6OS/c1-33-22-14-12-21(13-15-22)23-16-24(31(30-23)18-20-10-6-3-7-11-20)25-28-29-26(34)32(25)27-17-19-8-4-2-5-9-19/h2-17H,18H2,1H3,(H,29,34)/b27-17+. The largest absolute Gasteiger partial charge is 0.497 e. The van der Waals surface area contributed by atoms with Gasteiger partial charge in [-0.3, -0.25) is 4.68 Å². The Morgan fingerprint density at radius 1 is 0.971 bits per heavy atom. The molecule has 1 N–H and O–H groups in total. The maximum atomic E-state index is 5.48. The van der Waals surface area contributed by atoms with Gasteiger partial charge in [0.2, 0.25) is 10.6 Å². The molecule has 5 aromatic rings. The number of aromatic amines is 1. The zero-order chi connectivity index (χ0) is 23.3. The molecule has 0 amide bonds. The zero-order valence-electron chi connectivity index (χ0n) is 18.5. The Kier molecular flexibility index (Phi) is 6.13. The van der Waals surface area contributed by atoms with Crippen molar-refractivity contribution < 1.29 is 4.74 Å². The summed E-state index contributed by atoms with van der Waals surface area (Å²) < 4.78 is 9.25. The molecule has 0 saturated carbocycles. The van der Waals surface area contributed by atoms with Gasteiger partial charge in [-0.15, -0.1) is 0 Å². The zero-order valence-corrected chi connectivity index (χ0v) is 19.3. The van der Waals surface area contributed by atoms with Crippen LogP contribution >= 0.6 is 12.2 Å². The molecule has 3 aromatic carbocycles. The molecule has 0 atom stereocenters. The molecule has 8 heteroatoms. The summed E-state index contributed by atoms with van der Waals surface area (Å²) >= 11 is 5.48. The number of ether oxygens (including phenoxy) is 1. The molecule has 2 heterocycles. The second kappa shape index (κ2) is 9.68. The van der Waals surface area contributed by atoms with Gasteiger partial charge in [0.15, 0.2) is 0 Å². The quantitative estimate of drug-likeness (QED) is 0.257. The number of methoxy groups -OCH3 is 1. The molecule has 0 spiro atoms. The molecule has 0 aliphatic rings. The number of benzene rings is 3. The highest BCUT2D eigenvalue weighted by Gasteiger charge is 2.18. The number of H-pyrrole nitrogens is 1. The van der Waals surface area contributed by atoms with Gasteiger partial charge in [0.1, 0.15) is 11.4 Å². The van der Waals surface area contributed by atoms with Crippen molar-refractivity contribution >= 4 is 18.4 Å². The van der Waals surface area contributed by atoms with Crippen LogP contribution < -0.4 is 4.74 Å². The van der Waals surface area contributed by atoms with E-state index in [1.807, 2.05) is 83.5 Å². The average Bonchev–Trinajstić information content (AvgIpc) is 3.47. The van der Waals surface area contributed by atoms with Gasteiger partial charge in [0.25, 0.3) is 0 Å². The Bertz CT molecular complexity index is 1470. The van der Waals surface area contributed by atoms with Crippen molar-refractivity contribution in [2.45, 2.75) is 6.54 Å². The van der Waals surface area contributed by atoms with Crippen LogP contribution in [0, 0.1) is 4.77 Å². The molecule has 7 nitrogen and oxygen atoms in total. The lowest BCUT2D eigenvalue weighted by molar-refractivity contribution is 0.415. The van der Waals surface area contributed by atoms with E-state index >= 15 is 0 Å². The summed E-state index contributed by atoms with van der Waals surface area (Å²) in [5, 5.41) is 16.9. The molecule has 0 radical (unpaired) electrons. The summed E-state index contributed by atoms with van der Waals surface area (Å²) in [6, 6.07) is 29.9. The first-order chi connectivity index (χ1) is 16.7. The van der Waals surface area contributed by atoms with E-state index in [9.17, 15) is 0 Å². The summed E-state index contributed by atoms with van der Waals surface area (Å²) in [6.07, 6.45) is 1.76. The van der Waals surface area contributed by atoms with E-state index in [0.29, 0.717) is 17.1 Å². The third-order valence-corrected chi connectivity index (χ3v) is 5.61. The fourth-order valence-corrected chi connectivity index (χ4v) is 3.78. The van der Waals surface area contributed by atoms with Crippen LogP contribution in [0.2, 0.25) is 0 Å². The topological polar surface area (TPSA) is 73.0 Å². The summed E-state index contributed by atoms with van der Waals surface area (Å²) in [7, 11) is 1.65. The fraction of sp³-hybridized carbons (Fsp3) is 0.0769. The third kappa shape index (κ3) is 4.57. The van der Waals surface area contributed by atoms with Crippen LogP contribution in [0.15, 0.2) is 96.1 Å². The Morgan fingerprint density at radius 3 is 2.38 bits per heavy atom. The Balaban J connectivity index is 1.59. The molecule has 0 aliphatic heterocycles. The van der Waals surface area contributed by atoms with Crippen molar-refractivity contribution in [2.75, 3.05) is 7.11 Å². The molecule has 0 fully saturated rings. The number of rotatable bonds is 7. The highest BCUT2D eigenvalue weighted by Crippen LogP contribution is 2.27. The molecule has 2 aromatic heterocycles. The van der Waals surface area contributed by atoms with E-state index in [2.05, 4.69) is 27.4 Å². The highest BCUT2D eigenvalue weighted by molar-refractivity contribution is 7.71. The smallest absolute Gasteiger partial charge is 0.216 e. The molecule has 168 valence electrons. The number of nitrogens with one attached hydrogen (secondary N) is 1. The lowest BCUT2D eigenvalue weighted by Gasteiger charge is -2.07. The van der Waals surface area contributed by atoms with Crippen LogP contribution in [0.1, 0.15) is 11.1 Å². The number of hydrogen-bond acceptors (Lipinski definition) is 5. The monoisotopic (exact) mass is 466 g/mol. The van der Waals surface area contributed by atoms with Crippen LogP contribution in [-0.4, -0.2) is 38.0 Å². The van der Waals surface area contributed by atoms with Crippen molar-refractivity contribution in [1.82, 2.24) is 24.7 Å². The second-order valence-corrected chi connectivity index (χ2v) is 7.99. The minimum Gasteiger partial charge on any atom is -0.497 e. The van der Waals surface area contributed by atoms with Gasteiger partial charge in [-0.25, -0.2) is 5.10 Å². The first kappa shape index (κ1) is 21.5.